The van der Waals surface area contributed by atoms with Gasteiger partial charge in [0.2, 0.25) is 0 Å². The van der Waals surface area contributed by atoms with E-state index >= 15 is 0 Å². The third-order valence-corrected chi connectivity index (χ3v) is 2.66. The summed E-state index contributed by atoms with van der Waals surface area (Å²) in [5.74, 6) is 0. The summed E-state index contributed by atoms with van der Waals surface area (Å²) in [7, 11) is 0. The van der Waals surface area contributed by atoms with Gasteiger partial charge in [-0.05, 0) is 17.5 Å². The molecule has 0 spiro atoms. The van der Waals surface area contributed by atoms with Crippen molar-refractivity contribution in [1.29, 1.82) is 0 Å². The Bertz CT molecular complexity index is 1410. The quantitative estimate of drug-likeness (QED) is 0.499. The van der Waals surface area contributed by atoms with Gasteiger partial charge in [0.25, 0.3) is 0 Å². The van der Waals surface area contributed by atoms with Crippen molar-refractivity contribution in [1.82, 2.24) is 9.78 Å². The van der Waals surface area contributed by atoms with E-state index in [1.165, 1.54) is 0 Å². The fourth-order valence-electron chi connectivity index (χ4n) is 1.82. The maximum Gasteiger partial charge on any atom is 0.0927 e. The van der Waals surface area contributed by atoms with Crippen LogP contribution in [0.5, 0.6) is 0 Å². The van der Waals surface area contributed by atoms with Crippen LogP contribution in [0, 0.1) is 0 Å². The second kappa shape index (κ2) is 3.95. The van der Waals surface area contributed by atoms with E-state index in [0.29, 0.717) is 0 Å². The lowest BCUT2D eigenvalue weighted by Gasteiger charge is -2.05. The second-order valence-electron chi connectivity index (χ2n) is 3.80. The molecule has 0 aliphatic rings. The van der Waals surface area contributed by atoms with Gasteiger partial charge in [-0.2, -0.15) is 5.10 Å². The first kappa shape index (κ1) is 4.20. The van der Waals surface area contributed by atoms with Crippen LogP contribution < -0.4 is 0 Å². The van der Waals surface area contributed by atoms with Gasteiger partial charge in [0, 0.05) is 16.9 Å². The largest absolute Gasteiger partial charge is 0.239 e. The number of hydrogen-bond donors (Lipinski definition) is 0. The zero-order chi connectivity index (χ0) is 22.2. The van der Waals surface area contributed by atoms with Crippen LogP contribution in [0.2, 0.25) is 0 Å². The van der Waals surface area contributed by atoms with Crippen molar-refractivity contribution in [3.63, 3.8) is 0 Å². The van der Waals surface area contributed by atoms with Crippen LogP contribution >= 0.6 is 0 Å². The molecule has 2 heteroatoms. The van der Waals surface area contributed by atoms with Gasteiger partial charge in [-0.25, -0.2) is 4.68 Å². The Kier molecular flexibility index (Phi) is 0.875. The smallest absolute Gasteiger partial charge is 0.0927 e. The highest BCUT2D eigenvalue weighted by molar-refractivity contribution is 5.90. The molecular weight excluding hydrogens is 232 g/mol. The lowest BCUT2D eigenvalue weighted by atomic mass is 10.1. The van der Waals surface area contributed by atoms with E-state index in [-0.39, 0.29) is 33.4 Å². The maximum absolute atomic E-state index is 8.43. The summed E-state index contributed by atoms with van der Waals surface area (Å²) in [5.41, 5.74) is -0.266. The number of hydrogen-bond acceptors (Lipinski definition) is 1. The van der Waals surface area contributed by atoms with Crippen LogP contribution in [-0.4, -0.2) is 9.78 Å². The average molecular weight is 255 g/mol. The molecule has 3 aromatic carbocycles. The van der Waals surface area contributed by atoms with Gasteiger partial charge in [-0.15, -0.1) is 0 Å². The first-order valence-electron chi connectivity index (χ1n) is 10.9. The molecule has 0 radical (unpaired) electrons. The summed E-state index contributed by atoms with van der Waals surface area (Å²) in [5, 5.41) is 3.62. The molecular formula is C17H12N2. The van der Waals surface area contributed by atoms with Crippen LogP contribution in [0.25, 0.3) is 27.4 Å². The molecule has 1 heterocycles. The number of benzene rings is 3. The molecule has 19 heavy (non-hydrogen) atoms. The Morgan fingerprint density at radius 2 is 1.58 bits per heavy atom. The van der Waals surface area contributed by atoms with Crippen LogP contribution in [0.3, 0.4) is 0 Å². The van der Waals surface area contributed by atoms with E-state index in [4.69, 9.17) is 15.1 Å². The topological polar surface area (TPSA) is 17.8 Å². The van der Waals surface area contributed by atoms with Crippen molar-refractivity contribution >= 4 is 21.7 Å². The Morgan fingerprint density at radius 1 is 0.842 bits per heavy atom. The molecule has 0 atom stereocenters. The van der Waals surface area contributed by atoms with Crippen LogP contribution in [-0.2, 0) is 0 Å². The summed E-state index contributed by atoms with van der Waals surface area (Å²) >= 11 is 0. The predicted molar refractivity (Wildman–Crippen MR) is 78.6 cm³/mol. The average Bonchev–Trinajstić information content (AvgIpc) is 3.06. The first-order chi connectivity index (χ1) is 14.0. The van der Waals surface area contributed by atoms with Gasteiger partial charge in [-0.3, -0.25) is 0 Å². The monoisotopic (exact) mass is 255 g/mol. The molecule has 4 rings (SSSR count). The summed E-state index contributed by atoms with van der Waals surface area (Å²) in [4.78, 5) is 0. The molecule has 0 bridgehead atoms. The maximum atomic E-state index is 8.43. The number of nitrogens with zero attached hydrogens (tertiary/aromatic N) is 2. The van der Waals surface area contributed by atoms with Gasteiger partial charge in [0.15, 0.2) is 0 Å². The molecule has 4 aromatic rings. The van der Waals surface area contributed by atoms with Gasteiger partial charge >= 0.3 is 0 Å². The van der Waals surface area contributed by atoms with Gasteiger partial charge in [-0.1, -0.05) is 54.4 Å². The van der Waals surface area contributed by atoms with E-state index in [1.54, 1.807) is 0 Å². The van der Waals surface area contributed by atoms with Crippen molar-refractivity contribution in [3.8, 4) is 5.69 Å². The molecule has 90 valence electrons. The van der Waals surface area contributed by atoms with Gasteiger partial charge in [0.1, 0.15) is 0 Å². The molecule has 0 N–H and O–H groups in total. The van der Waals surface area contributed by atoms with Crippen molar-refractivity contribution in [2.24, 2.45) is 0 Å². The Morgan fingerprint density at radius 3 is 2.53 bits per heavy atom. The second-order valence-corrected chi connectivity index (χ2v) is 3.80. The fourth-order valence-corrected chi connectivity index (χ4v) is 1.82. The third-order valence-electron chi connectivity index (χ3n) is 2.66. The molecule has 0 saturated carbocycles. The standard InChI is InChI=1S/C17H12N2/c1-3-9-15-13(6-1)8-5-11-17(15)19-12-14-7-2-4-10-16(14)18-19/h1-12H/i1D,2D,3D,4D,5D,6D,7D,8D,9D,10D,12D. The van der Waals surface area contributed by atoms with E-state index in [2.05, 4.69) is 5.10 Å². The minimum absolute atomic E-state index is 0.0870. The van der Waals surface area contributed by atoms with E-state index in [1.807, 2.05) is 0 Å². The zero-order valence-electron chi connectivity index (χ0n) is 20.5. The molecule has 2 nitrogen and oxygen atoms in total. The van der Waals surface area contributed by atoms with Gasteiger partial charge < -0.3 is 0 Å². The summed E-state index contributed by atoms with van der Waals surface area (Å²) in [6, 6.07) is -3.70. The molecule has 0 fully saturated rings. The lowest BCUT2D eigenvalue weighted by Crippen LogP contribution is -1.95. The van der Waals surface area contributed by atoms with Crippen LogP contribution in [0.4, 0.5) is 0 Å². The van der Waals surface area contributed by atoms with Crippen LogP contribution in [0.1, 0.15) is 15.1 Å². The minimum atomic E-state index is -0.561. The Labute approximate surface area is 126 Å². The molecule has 1 aromatic heterocycles. The summed E-state index contributed by atoms with van der Waals surface area (Å²) in [6.07, 6.45) is -0.428. The SMILES string of the molecule is [2H]c1cc(-n2nc3c([2H])c([2H])c([2H])c([2H])c3c2[2H])c2c([2H])c([2H])c([2H])c([2H])c2c1[2H]. The summed E-state index contributed by atoms with van der Waals surface area (Å²) in [6.45, 7) is 0. The lowest BCUT2D eigenvalue weighted by molar-refractivity contribution is 0.904. The number of fused-ring (bicyclic) bond motifs is 2. The first-order valence-corrected chi connectivity index (χ1v) is 5.45. The van der Waals surface area contributed by atoms with Crippen molar-refractivity contribution in [2.45, 2.75) is 0 Å². The molecule has 0 aliphatic heterocycles. The molecule has 0 unspecified atom stereocenters. The minimum Gasteiger partial charge on any atom is -0.239 e. The summed E-state index contributed by atoms with van der Waals surface area (Å²) < 4.78 is 89.4. The number of aromatic nitrogens is 2. The highest BCUT2D eigenvalue weighted by Gasteiger charge is 2.05. The van der Waals surface area contributed by atoms with Crippen molar-refractivity contribution < 1.29 is 15.1 Å². The molecule has 0 saturated heterocycles. The zero-order valence-corrected chi connectivity index (χ0v) is 9.47. The van der Waals surface area contributed by atoms with Crippen molar-refractivity contribution in [2.75, 3.05) is 0 Å². The number of rotatable bonds is 1. The third kappa shape index (κ3) is 1.61. The molecule has 0 amide bonds. The predicted octanol–water partition coefficient (Wildman–Crippen LogP) is 4.18. The van der Waals surface area contributed by atoms with E-state index in [0.717, 1.165) is 10.7 Å². The van der Waals surface area contributed by atoms with Crippen LogP contribution in [0.15, 0.2) is 72.7 Å². The Balaban J connectivity index is 2.25. The molecule has 0 aliphatic carbocycles. The Hall–Kier alpha value is -2.61. The van der Waals surface area contributed by atoms with E-state index < -0.39 is 60.6 Å². The normalized spacial score (nSPS) is 19.3. The van der Waals surface area contributed by atoms with E-state index in [9.17, 15) is 0 Å². The highest BCUT2D eigenvalue weighted by atomic mass is 15.3. The van der Waals surface area contributed by atoms with Gasteiger partial charge in [0.05, 0.1) is 26.3 Å². The highest BCUT2D eigenvalue weighted by Crippen LogP contribution is 2.23. The fraction of sp³-hybridized carbons (Fsp3) is 0. The van der Waals surface area contributed by atoms with Crippen molar-refractivity contribution in [3.05, 3.63) is 72.7 Å².